The molecular weight excluding hydrogens is 251 g/mol. The van der Waals surface area contributed by atoms with E-state index in [9.17, 15) is 0 Å². The Morgan fingerprint density at radius 3 is 2.10 bits per heavy atom. The topological polar surface area (TPSA) is 36.3 Å². The molecule has 2 rings (SSSR count). The molecule has 0 radical (unpaired) electrons. The first-order valence-corrected chi connectivity index (χ1v) is 7.29. The largest absolute Gasteiger partial charge is 0.498 e. The van der Waals surface area contributed by atoms with Gasteiger partial charge in [0.05, 0.1) is 11.2 Å². The summed E-state index contributed by atoms with van der Waals surface area (Å²) in [6.07, 6.45) is 2.83. The first-order valence-electron chi connectivity index (χ1n) is 7.29. The molecule has 5 heteroatoms. The van der Waals surface area contributed by atoms with Crippen molar-refractivity contribution in [3.05, 3.63) is 11.9 Å². The minimum absolute atomic E-state index is 0.201. The van der Waals surface area contributed by atoms with Crippen molar-refractivity contribution in [2.24, 2.45) is 12.5 Å². The quantitative estimate of drug-likeness (QED) is 0.779. The smallest absolute Gasteiger partial charge is 0.399 e. The molecule has 0 aromatic carbocycles. The molecule has 2 heterocycles. The second kappa shape index (κ2) is 4.60. The minimum atomic E-state index is -0.328. The van der Waals surface area contributed by atoms with Gasteiger partial charge in [0.15, 0.2) is 0 Å². The Bertz CT molecular complexity index is 484. The highest BCUT2D eigenvalue weighted by Crippen LogP contribution is 2.36. The Kier molecular flexibility index (Phi) is 3.58. The van der Waals surface area contributed by atoms with Crippen molar-refractivity contribution in [1.82, 2.24) is 9.78 Å². The van der Waals surface area contributed by atoms with Crippen LogP contribution in [0.15, 0.2) is 6.20 Å². The van der Waals surface area contributed by atoms with Crippen LogP contribution in [-0.2, 0) is 22.8 Å². The summed E-state index contributed by atoms with van der Waals surface area (Å²) in [6.45, 7) is 15.0. The number of aryl methyl sites for hydroxylation is 1. The lowest BCUT2D eigenvalue weighted by Gasteiger charge is -2.32. The number of aromatic nitrogens is 2. The lowest BCUT2D eigenvalue weighted by molar-refractivity contribution is 0.00578. The molecular formula is C15H27BN2O2. The molecule has 4 nitrogen and oxygen atoms in total. The van der Waals surface area contributed by atoms with Crippen LogP contribution in [0.2, 0.25) is 0 Å². The van der Waals surface area contributed by atoms with Gasteiger partial charge in [-0.25, -0.2) is 0 Å². The summed E-state index contributed by atoms with van der Waals surface area (Å²) in [5.41, 5.74) is 1.82. The minimum Gasteiger partial charge on any atom is -0.399 e. The Balaban J connectivity index is 2.32. The fourth-order valence-electron chi connectivity index (χ4n) is 2.37. The monoisotopic (exact) mass is 278 g/mol. The van der Waals surface area contributed by atoms with Crippen molar-refractivity contribution < 1.29 is 9.31 Å². The average Bonchev–Trinajstić information content (AvgIpc) is 2.65. The van der Waals surface area contributed by atoms with Crippen molar-refractivity contribution in [1.29, 1.82) is 0 Å². The van der Waals surface area contributed by atoms with E-state index in [-0.39, 0.29) is 23.7 Å². The van der Waals surface area contributed by atoms with Crippen molar-refractivity contribution in [3.63, 3.8) is 0 Å². The summed E-state index contributed by atoms with van der Waals surface area (Å²) in [6, 6.07) is 0. The van der Waals surface area contributed by atoms with Crippen LogP contribution in [0.4, 0.5) is 0 Å². The maximum absolute atomic E-state index is 6.14. The van der Waals surface area contributed by atoms with Crippen molar-refractivity contribution in [2.75, 3.05) is 0 Å². The van der Waals surface area contributed by atoms with E-state index in [1.807, 2.05) is 17.9 Å². The van der Waals surface area contributed by atoms with E-state index in [1.165, 1.54) is 5.69 Å². The highest BCUT2D eigenvalue weighted by atomic mass is 16.7. The van der Waals surface area contributed by atoms with Gasteiger partial charge in [0.25, 0.3) is 0 Å². The summed E-state index contributed by atoms with van der Waals surface area (Å²) in [4.78, 5) is 0. The van der Waals surface area contributed by atoms with E-state index in [0.717, 1.165) is 11.9 Å². The van der Waals surface area contributed by atoms with E-state index in [2.05, 4.69) is 53.6 Å². The Labute approximate surface area is 123 Å². The fraction of sp³-hybridized carbons (Fsp3) is 0.800. The van der Waals surface area contributed by atoms with Gasteiger partial charge in [-0.2, -0.15) is 5.10 Å². The first-order chi connectivity index (χ1) is 8.93. The van der Waals surface area contributed by atoms with E-state index < -0.39 is 0 Å². The standard InChI is InChI=1S/C15H27BN2O2/c1-13(2,3)9-12-11(10-17-18(12)8)16-19-14(4,5)15(6,7)20-16/h10H,9H2,1-8H3. The summed E-state index contributed by atoms with van der Waals surface area (Å²) in [5, 5.41) is 4.40. The van der Waals surface area contributed by atoms with Crippen molar-refractivity contribution in [2.45, 2.75) is 66.1 Å². The molecule has 1 aliphatic rings. The molecule has 0 N–H and O–H groups in total. The molecule has 0 aliphatic carbocycles. The molecule has 0 unspecified atom stereocenters. The van der Waals surface area contributed by atoms with Crippen LogP contribution in [-0.4, -0.2) is 28.1 Å². The molecule has 0 amide bonds. The number of hydrogen-bond acceptors (Lipinski definition) is 3. The van der Waals surface area contributed by atoms with Gasteiger partial charge in [-0.3, -0.25) is 4.68 Å². The van der Waals surface area contributed by atoms with Gasteiger partial charge in [-0.15, -0.1) is 0 Å². The molecule has 1 aromatic rings. The first kappa shape index (κ1) is 15.6. The maximum Gasteiger partial charge on any atom is 0.498 e. The predicted molar refractivity (Wildman–Crippen MR) is 82.1 cm³/mol. The zero-order chi connectivity index (χ0) is 15.3. The number of rotatable bonds is 2. The van der Waals surface area contributed by atoms with Gasteiger partial charge >= 0.3 is 7.12 Å². The van der Waals surface area contributed by atoms with Gasteiger partial charge in [0, 0.05) is 24.4 Å². The average molecular weight is 278 g/mol. The molecule has 1 aliphatic heterocycles. The third-order valence-electron chi connectivity index (χ3n) is 4.30. The normalized spacial score (nSPS) is 21.5. The van der Waals surface area contributed by atoms with Crippen molar-refractivity contribution >= 4 is 12.6 Å². The van der Waals surface area contributed by atoms with E-state index in [1.54, 1.807) is 0 Å². The van der Waals surface area contributed by atoms with Gasteiger partial charge in [-0.1, -0.05) is 20.8 Å². The number of nitrogens with zero attached hydrogens (tertiary/aromatic N) is 2. The van der Waals surface area contributed by atoms with Gasteiger partial charge in [-0.05, 0) is 39.5 Å². The van der Waals surface area contributed by atoms with Crippen LogP contribution in [0.1, 0.15) is 54.2 Å². The maximum atomic E-state index is 6.14. The van der Waals surface area contributed by atoms with Crippen LogP contribution < -0.4 is 5.46 Å². The molecule has 0 bridgehead atoms. The third-order valence-corrected chi connectivity index (χ3v) is 4.30. The Morgan fingerprint density at radius 2 is 1.65 bits per heavy atom. The Morgan fingerprint density at radius 1 is 1.15 bits per heavy atom. The lowest BCUT2D eigenvalue weighted by Crippen LogP contribution is -2.41. The van der Waals surface area contributed by atoms with Crippen LogP contribution in [0.5, 0.6) is 0 Å². The van der Waals surface area contributed by atoms with Crippen LogP contribution in [0.25, 0.3) is 0 Å². The van der Waals surface area contributed by atoms with Crippen LogP contribution >= 0.6 is 0 Å². The molecule has 20 heavy (non-hydrogen) atoms. The van der Waals surface area contributed by atoms with E-state index in [4.69, 9.17) is 9.31 Å². The highest BCUT2D eigenvalue weighted by Gasteiger charge is 2.52. The molecule has 0 saturated carbocycles. The Hall–Kier alpha value is -0.805. The van der Waals surface area contributed by atoms with Gasteiger partial charge in [0.1, 0.15) is 0 Å². The van der Waals surface area contributed by atoms with E-state index >= 15 is 0 Å². The zero-order valence-corrected chi connectivity index (χ0v) is 14.1. The molecule has 112 valence electrons. The van der Waals surface area contributed by atoms with Crippen LogP contribution in [0, 0.1) is 5.41 Å². The van der Waals surface area contributed by atoms with Gasteiger partial charge < -0.3 is 9.31 Å². The summed E-state index contributed by atoms with van der Waals surface area (Å²) in [5.74, 6) is 0. The predicted octanol–water partition coefficient (Wildman–Crippen LogP) is 2.31. The number of hydrogen-bond donors (Lipinski definition) is 0. The summed E-state index contributed by atoms with van der Waals surface area (Å²) >= 11 is 0. The molecule has 0 atom stereocenters. The van der Waals surface area contributed by atoms with Crippen molar-refractivity contribution in [3.8, 4) is 0 Å². The van der Waals surface area contributed by atoms with Crippen LogP contribution in [0.3, 0.4) is 0 Å². The fourth-order valence-corrected chi connectivity index (χ4v) is 2.37. The second-order valence-corrected chi connectivity index (χ2v) is 8.00. The summed E-state index contributed by atoms with van der Waals surface area (Å²) in [7, 11) is 1.65. The second-order valence-electron chi connectivity index (χ2n) is 8.00. The van der Waals surface area contributed by atoms with E-state index in [0.29, 0.717) is 0 Å². The molecule has 1 saturated heterocycles. The zero-order valence-electron chi connectivity index (χ0n) is 14.1. The molecule has 1 fully saturated rings. The van der Waals surface area contributed by atoms with Gasteiger partial charge in [0.2, 0.25) is 0 Å². The lowest BCUT2D eigenvalue weighted by atomic mass is 9.76. The molecule has 0 spiro atoms. The summed E-state index contributed by atoms with van der Waals surface area (Å²) < 4.78 is 14.2. The highest BCUT2D eigenvalue weighted by molar-refractivity contribution is 6.62. The SMILES string of the molecule is Cn1ncc(B2OC(C)(C)C(C)(C)O2)c1CC(C)(C)C. The third kappa shape index (κ3) is 2.79. The molecule has 1 aromatic heterocycles.